The number of carbonyl (C=O) groups excluding carboxylic acids is 7. The van der Waals surface area contributed by atoms with Crippen LogP contribution in [0.4, 0.5) is 0 Å². The average molecular weight is 923 g/mol. The van der Waals surface area contributed by atoms with E-state index in [0.29, 0.717) is 12.8 Å². The molecule has 0 aliphatic carbocycles. The first kappa shape index (κ1) is 60.7. The summed E-state index contributed by atoms with van der Waals surface area (Å²) in [4.78, 5) is 109. The van der Waals surface area contributed by atoms with Crippen LogP contribution in [0.15, 0.2) is 0 Å². The lowest BCUT2D eigenvalue weighted by Gasteiger charge is -2.30. The number of amides is 7. The molecule has 0 heterocycles. The molecule has 8 atom stereocenters. The van der Waals surface area contributed by atoms with Crippen molar-refractivity contribution in [1.82, 2.24) is 37.2 Å². The SMILES string of the molecule is CC(C)C[C@H](NC(=O)[C@H](CC(C)C)NC(=O)[C@H](CC(C)C)NC(=O)[C@H](CC(C)C)NC(=O)[C@H](CC(C)C)NC(=O)[C@H](CC(C)C)NC(=O)[C@H](CC(C)C)NC(=O)[C@@H](N)CC(C)C)C(=O)O. The fraction of sp³-hybridized carbons (Fsp3) is 0.833. The first-order valence-electron chi connectivity index (χ1n) is 24.0. The summed E-state index contributed by atoms with van der Waals surface area (Å²) in [6.45, 7) is 30.2. The Morgan fingerprint density at radius 2 is 0.446 bits per heavy atom. The van der Waals surface area contributed by atoms with Gasteiger partial charge in [-0.2, -0.15) is 0 Å². The summed E-state index contributed by atoms with van der Waals surface area (Å²) in [6, 6.07) is -8.37. The first-order chi connectivity index (χ1) is 29.9. The zero-order chi connectivity index (χ0) is 50.5. The molecule has 0 unspecified atom stereocenters. The minimum atomic E-state index is -1.18. The van der Waals surface area contributed by atoms with Crippen molar-refractivity contribution in [3.63, 3.8) is 0 Å². The number of hydrogen-bond acceptors (Lipinski definition) is 9. The highest BCUT2D eigenvalue weighted by molar-refractivity contribution is 5.97. The summed E-state index contributed by atoms with van der Waals surface area (Å²) >= 11 is 0. The van der Waals surface area contributed by atoms with Crippen LogP contribution >= 0.6 is 0 Å². The van der Waals surface area contributed by atoms with Gasteiger partial charge in [0.25, 0.3) is 0 Å². The van der Waals surface area contributed by atoms with Gasteiger partial charge in [0.1, 0.15) is 42.3 Å². The molecule has 0 saturated carbocycles. The van der Waals surface area contributed by atoms with Crippen molar-refractivity contribution >= 4 is 47.3 Å². The molecule has 0 bridgehead atoms. The normalized spacial score (nSPS) is 15.6. The summed E-state index contributed by atoms with van der Waals surface area (Å²) in [5, 5.41) is 29.2. The van der Waals surface area contributed by atoms with Crippen molar-refractivity contribution in [1.29, 1.82) is 0 Å². The van der Waals surface area contributed by atoms with E-state index in [4.69, 9.17) is 5.73 Å². The molecule has 7 amide bonds. The fourth-order valence-electron chi connectivity index (χ4n) is 7.44. The molecule has 0 fully saturated rings. The van der Waals surface area contributed by atoms with Crippen LogP contribution in [0.5, 0.6) is 0 Å². The predicted molar refractivity (Wildman–Crippen MR) is 255 cm³/mol. The second-order valence-corrected chi connectivity index (χ2v) is 21.4. The number of rotatable bonds is 31. The van der Waals surface area contributed by atoms with E-state index in [-0.39, 0.29) is 85.9 Å². The Hall–Kier alpha value is -4.28. The monoisotopic (exact) mass is 923 g/mol. The smallest absolute Gasteiger partial charge is 0.326 e. The van der Waals surface area contributed by atoms with Crippen LogP contribution in [0.2, 0.25) is 0 Å². The van der Waals surface area contributed by atoms with E-state index in [1.165, 1.54) is 0 Å². The Bertz CT molecular complexity index is 1530. The molecule has 17 heteroatoms. The summed E-state index contributed by atoms with van der Waals surface area (Å²) in [6.07, 6.45) is 1.97. The van der Waals surface area contributed by atoms with Gasteiger partial charge in [-0.25, -0.2) is 4.79 Å². The number of carboxylic acid groups (broad SMARTS) is 1. The van der Waals surface area contributed by atoms with E-state index in [0.717, 1.165) is 0 Å². The van der Waals surface area contributed by atoms with Gasteiger partial charge in [0.2, 0.25) is 41.4 Å². The molecule has 17 nitrogen and oxygen atoms in total. The molecule has 0 aliphatic rings. The van der Waals surface area contributed by atoms with Gasteiger partial charge in [-0.1, -0.05) is 111 Å². The highest BCUT2D eigenvalue weighted by Gasteiger charge is 2.35. The van der Waals surface area contributed by atoms with E-state index in [1.54, 1.807) is 0 Å². The van der Waals surface area contributed by atoms with Crippen LogP contribution in [0.1, 0.15) is 162 Å². The molecule has 376 valence electrons. The molecule has 65 heavy (non-hydrogen) atoms. The van der Waals surface area contributed by atoms with Gasteiger partial charge >= 0.3 is 5.97 Å². The third kappa shape index (κ3) is 25.9. The van der Waals surface area contributed by atoms with Crippen molar-refractivity contribution in [3.05, 3.63) is 0 Å². The molecule has 0 aromatic carbocycles. The molecule has 10 N–H and O–H groups in total. The third-order valence-electron chi connectivity index (χ3n) is 10.4. The van der Waals surface area contributed by atoms with E-state index in [9.17, 15) is 43.5 Å². The van der Waals surface area contributed by atoms with Crippen LogP contribution in [0.25, 0.3) is 0 Å². The van der Waals surface area contributed by atoms with Crippen molar-refractivity contribution in [2.75, 3.05) is 0 Å². The lowest BCUT2D eigenvalue weighted by atomic mass is 9.97. The van der Waals surface area contributed by atoms with Gasteiger partial charge in [-0.05, 0) is 98.7 Å². The van der Waals surface area contributed by atoms with Gasteiger partial charge in [0, 0.05) is 0 Å². The Labute approximate surface area is 390 Å². The number of nitrogens with one attached hydrogen (secondary N) is 7. The molecule has 0 aromatic heterocycles. The maximum absolute atomic E-state index is 14.2. The van der Waals surface area contributed by atoms with Gasteiger partial charge in [0.05, 0.1) is 6.04 Å². The van der Waals surface area contributed by atoms with Gasteiger partial charge < -0.3 is 48.1 Å². The molecule has 0 saturated heterocycles. The lowest BCUT2D eigenvalue weighted by Crippen LogP contribution is -2.60. The van der Waals surface area contributed by atoms with Crippen LogP contribution in [-0.4, -0.2) is 101 Å². The minimum absolute atomic E-state index is 0.0140. The zero-order valence-electron chi connectivity index (χ0n) is 42.7. The number of carboxylic acids is 1. The second kappa shape index (κ2) is 30.1. The van der Waals surface area contributed by atoms with Crippen molar-refractivity contribution in [2.24, 2.45) is 53.1 Å². The van der Waals surface area contributed by atoms with Crippen LogP contribution < -0.4 is 43.0 Å². The van der Waals surface area contributed by atoms with Gasteiger partial charge in [-0.3, -0.25) is 33.6 Å². The maximum Gasteiger partial charge on any atom is 0.326 e. The van der Waals surface area contributed by atoms with Gasteiger partial charge in [0.15, 0.2) is 0 Å². The molecule has 0 aliphatic heterocycles. The average Bonchev–Trinajstić information content (AvgIpc) is 3.14. The van der Waals surface area contributed by atoms with E-state index >= 15 is 0 Å². The Morgan fingerprint density at radius 3 is 0.615 bits per heavy atom. The third-order valence-corrected chi connectivity index (χ3v) is 10.4. The van der Waals surface area contributed by atoms with Crippen molar-refractivity contribution < 1.29 is 43.5 Å². The summed E-state index contributed by atoms with van der Waals surface area (Å²) in [7, 11) is 0. The van der Waals surface area contributed by atoms with E-state index in [1.807, 2.05) is 111 Å². The largest absolute Gasteiger partial charge is 0.480 e. The Balaban J connectivity index is 6.54. The standard InChI is InChI=1S/C48H90N8O9/c1-25(2)17-33(49)41(57)50-34(18-26(3)4)42(58)51-35(19-27(5)6)43(59)52-36(20-28(7)8)44(60)53-37(21-29(9)10)45(61)54-38(22-30(11)12)46(62)55-39(23-31(13)14)47(63)56-40(48(64)65)24-32(15)16/h25-40H,17-24,49H2,1-16H3,(H,50,57)(H,51,58)(H,52,59)(H,53,60)(H,54,61)(H,55,62)(H,56,63)(H,64,65)/t33-,34-,35-,36-,37-,38-,39-,40-/m0/s1. The number of nitrogens with two attached hydrogens (primary N) is 1. The van der Waals surface area contributed by atoms with Crippen molar-refractivity contribution in [2.45, 2.75) is 210 Å². The van der Waals surface area contributed by atoms with E-state index in [2.05, 4.69) is 37.2 Å². The lowest BCUT2D eigenvalue weighted by molar-refractivity contribution is -0.143. The molecular weight excluding hydrogens is 833 g/mol. The van der Waals surface area contributed by atoms with E-state index < -0.39 is 95.7 Å². The Kier molecular flexibility index (Phi) is 28.1. The molecule has 0 radical (unpaired) electrons. The summed E-state index contributed by atoms with van der Waals surface area (Å²) in [5.74, 6) is -5.47. The quantitative estimate of drug-likeness (QED) is 0.0479. The van der Waals surface area contributed by atoms with Crippen LogP contribution in [0, 0.1) is 47.3 Å². The second-order valence-electron chi connectivity index (χ2n) is 21.4. The van der Waals surface area contributed by atoms with Crippen molar-refractivity contribution in [3.8, 4) is 0 Å². The summed E-state index contributed by atoms with van der Waals surface area (Å²) < 4.78 is 0. The first-order valence-corrected chi connectivity index (χ1v) is 24.0. The summed E-state index contributed by atoms with van der Waals surface area (Å²) in [5.41, 5.74) is 6.13. The Morgan fingerprint density at radius 1 is 0.292 bits per heavy atom. The molecule has 0 aromatic rings. The maximum atomic E-state index is 14.2. The fourth-order valence-corrected chi connectivity index (χ4v) is 7.44. The minimum Gasteiger partial charge on any atom is -0.480 e. The zero-order valence-corrected chi connectivity index (χ0v) is 42.7. The molecular formula is C48H90N8O9. The van der Waals surface area contributed by atoms with Crippen LogP contribution in [-0.2, 0) is 38.4 Å². The highest BCUT2D eigenvalue weighted by atomic mass is 16.4. The van der Waals surface area contributed by atoms with Crippen LogP contribution in [0.3, 0.4) is 0 Å². The molecule has 0 spiro atoms. The topological polar surface area (TPSA) is 267 Å². The number of aliphatic carboxylic acids is 1. The highest BCUT2D eigenvalue weighted by Crippen LogP contribution is 2.15. The number of hydrogen-bond donors (Lipinski definition) is 9. The van der Waals surface area contributed by atoms with Gasteiger partial charge in [-0.15, -0.1) is 0 Å². The molecule has 0 rings (SSSR count). The number of carbonyl (C=O) groups is 8. The predicted octanol–water partition coefficient (Wildman–Crippen LogP) is 4.16.